The molecule has 0 aliphatic rings. The summed E-state index contributed by atoms with van der Waals surface area (Å²) in [7, 11) is -1.12. The van der Waals surface area contributed by atoms with Gasteiger partial charge in [-0.15, -0.1) is 0 Å². The first-order valence-corrected chi connectivity index (χ1v) is 8.28. The first-order chi connectivity index (χ1) is 9.21. The number of nitrogens with one attached hydrogen (secondary N) is 1. The van der Waals surface area contributed by atoms with Crippen LogP contribution in [0.1, 0.15) is 52.7 Å². The van der Waals surface area contributed by atoms with Crippen LogP contribution >= 0.6 is 0 Å². The van der Waals surface area contributed by atoms with Gasteiger partial charge in [0.25, 0.3) is 0 Å². The molecule has 0 aromatic heterocycles. The summed E-state index contributed by atoms with van der Waals surface area (Å²) < 4.78 is 15.1. The molecule has 3 atom stereocenters. The van der Waals surface area contributed by atoms with Crippen LogP contribution in [0.3, 0.4) is 0 Å². The van der Waals surface area contributed by atoms with Crippen LogP contribution in [0.15, 0.2) is 30.3 Å². The van der Waals surface area contributed by atoms with Gasteiger partial charge in [-0.2, -0.15) is 0 Å². The molecule has 0 heterocycles. The minimum atomic E-state index is -1.12. The maximum atomic E-state index is 12.2. The van der Waals surface area contributed by atoms with Crippen LogP contribution in [-0.4, -0.2) is 20.1 Å². The van der Waals surface area contributed by atoms with Gasteiger partial charge in [0, 0.05) is 6.04 Å². The highest BCUT2D eigenvalue weighted by Crippen LogP contribution is 2.22. The summed E-state index contributed by atoms with van der Waals surface area (Å²) in [4.78, 5) is 0. The van der Waals surface area contributed by atoms with E-state index in [4.69, 9.17) is 0 Å². The van der Waals surface area contributed by atoms with Crippen molar-refractivity contribution < 1.29 is 9.32 Å². The average molecular weight is 297 g/mol. The lowest BCUT2D eigenvalue weighted by Crippen LogP contribution is -2.43. The molecule has 0 amide bonds. The summed E-state index contributed by atoms with van der Waals surface area (Å²) in [5, 5.41) is 10.3. The zero-order chi connectivity index (χ0) is 15.3. The van der Waals surface area contributed by atoms with E-state index >= 15 is 0 Å². The summed E-state index contributed by atoms with van der Waals surface area (Å²) in [6.45, 7) is 9.99. The van der Waals surface area contributed by atoms with E-state index < -0.39 is 17.1 Å². The van der Waals surface area contributed by atoms with E-state index in [1.807, 2.05) is 51.1 Å². The van der Waals surface area contributed by atoms with E-state index in [9.17, 15) is 9.32 Å². The molecule has 0 saturated heterocycles. The van der Waals surface area contributed by atoms with E-state index in [1.54, 1.807) is 0 Å². The van der Waals surface area contributed by atoms with Gasteiger partial charge in [0.05, 0.1) is 21.8 Å². The Kier molecular flexibility index (Phi) is 6.37. The van der Waals surface area contributed by atoms with Crippen LogP contribution in [0.4, 0.5) is 0 Å². The van der Waals surface area contributed by atoms with Crippen molar-refractivity contribution in [3.8, 4) is 0 Å². The first kappa shape index (κ1) is 17.3. The maximum absolute atomic E-state index is 12.2. The van der Waals surface area contributed by atoms with Crippen LogP contribution in [0.5, 0.6) is 0 Å². The quantitative estimate of drug-likeness (QED) is 0.847. The summed E-state index contributed by atoms with van der Waals surface area (Å²) in [6.07, 6.45) is 0.0248. The Morgan fingerprint density at radius 2 is 1.75 bits per heavy atom. The molecule has 0 saturated carbocycles. The molecule has 0 radical (unpaired) electrons. The Hall–Kier alpha value is -0.710. The molecule has 2 N–H and O–H groups in total. The molecule has 3 nitrogen and oxygen atoms in total. The van der Waals surface area contributed by atoms with Crippen LogP contribution in [0.2, 0.25) is 0 Å². The zero-order valence-electron chi connectivity index (χ0n) is 13.1. The number of aliphatic hydroxyl groups excluding tert-OH is 1. The summed E-state index contributed by atoms with van der Waals surface area (Å²) in [6, 6.07) is 9.63. The van der Waals surface area contributed by atoms with Crippen molar-refractivity contribution in [3.63, 3.8) is 0 Å². The van der Waals surface area contributed by atoms with Gasteiger partial charge in [0.2, 0.25) is 0 Å². The van der Waals surface area contributed by atoms with Gasteiger partial charge in [0.1, 0.15) is 0 Å². The molecule has 0 bridgehead atoms. The molecule has 20 heavy (non-hydrogen) atoms. The van der Waals surface area contributed by atoms with Crippen molar-refractivity contribution in [2.24, 2.45) is 5.92 Å². The normalized spacial score (nSPS) is 16.9. The summed E-state index contributed by atoms with van der Waals surface area (Å²) in [5.74, 6) is 0.305. The van der Waals surface area contributed by atoms with E-state index in [0.29, 0.717) is 12.3 Å². The fourth-order valence-electron chi connectivity index (χ4n) is 1.82. The Morgan fingerprint density at radius 1 is 1.20 bits per heavy atom. The van der Waals surface area contributed by atoms with Crippen LogP contribution < -0.4 is 4.72 Å². The van der Waals surface area contributed by atoms with Gasteiger partial charge in [-0.25, -0.2) is 8.93 Å². The van der Waals surface area contributed by atoms with Crippen LogP contribution in [0, 0.1) is 5.92 Å². The van der Waals surface area contributed by atoms with Crippen molar-refractivity contribution in [2.75, 3.05) is 0 Å². The van der Waals surface area contributed by atoms with E-state index in [2.05, 4.69) is 18.6 Å². The van der Waals surface area contributed by atoms with Crippen molar-refractivity contribution >= 4 is 11.0 Å². The van der Waals surface area contributed by atoms with Gasteiger partial charge in [0.15, 0.2) is 0 Å². The van der Waals surface area contributed by atoms with Gasteiger partial charge in [-0.05, 0) is 38.7 Å². The van der Waals surface area contributed by atoms with Crippen molar-refractivity contribution in [1.29, 1.82) is 0 Å². The lowest BCUT2D eigenvalue weighted by Gasteiger charge is -2.28. The fraction of sp³-hybridized carbons (Fsp3) is 0.625. The molecule has 1 rings (SSSR count). The van der Waals surface area contributed by atoms with Gasteiger partial charge in [-0.3, -0.25) is 0 Å². The fourth-order valence-corrected chi connectivity index (χ4v) is 2.82. The maximum Gasteiger partial charge on any atom is 0.0972 e. The zero-order valence-corrected chi connectivity index (χ0v) is 13.9. The number of rotatable bonds is 6. The molecule has 1 aromatic carbocycles. The molecule has 1 unspecified atom stereocenters. The number of aliphatic hydroxyl groups is 1. The molecule has 0 fully saturated rings. The molecule has 4 heteroatoms. The third-order valence-electron chi connectivity index (χ3n) is 3.28. The van der Waals surface area contributed by atoms with Crippen molar-refractivity contribution in [1.82, 2.24) is 4.72 Å². The monoisotopic (exact) mass is 297 g/mol. The number of hydrogen-bond acceptors (Lipinski definition) is 2. The first-order valence-electron chi connectivity index (χ1n) is 7.13. The lowest BCUT2D eigenvalue weighted by atomic mass is 9.95. The average Bonchev–Trinajstić information content (AvgIpc) is 2.37. The van der Waals surface area contributed by atoms with E-state index in [0.717, 1.165) is 5.56 Å². The predicted molar refractivity (Wildman–Crippen MR) is 85.7 cm³/mol. The summed E-state index contributed by atoms with van der Waals surface area (Å²) >= 11 is 0. The highest BCUT2D eigenvalue weighted by Gasteiger charge is 2.26. The second-order valence-electron chi connectivity index (χ2n) is 6.51. The van der Waals surface area contributed by atoms with E-state index in [1.165, 1.54) is 0 Å². The smallest absolute Gasteiger partial charge is 0.0972 e. The van der Waals surface area contributed by atoms with E-state index in [-0.39, 0.29) is 10.8 Å². The lowest BCUT2D eigenvalue weighted by molar-refractivity contribution is 0.146. The largest absolute Gasteiger partial charge is 0.388 e. The number of hydrogen-bond donors (Lipinski definition) is 2. The Balaban J connectivity index is 2.71. The molecule has 114 valence electrons. The van der Waals surface area contributed by atoms with Crippen molar-refractivity contribution in [2.45, 2.75) is 57.9 Å². The number of benzene rings is 1. The highest BCUT2D eigenvalue weighted by atomic mass is 32.2. The Bertz CT molecular complexity index is 426. The Morgan fingerprint density at radius 3 is 2.20 bits per heavy atom. The second-order valence-corrected chi connectivity index (χ2v) is 8.51. The third-order valence-corrected chi connectivity index (χ3v) is 4.91. The van der Waals surface area contributed by atoms with Gasteiger partial charge in [-0.1, -0.05) is 44.2 Å². The molecule has 1 aromatic rings. The predicted octanol–water partition coefficient (Wildman–Crippen LogP) is 3.19. The van der Waals surface area contributed by atoms with Crippen LogP contribution in [-0.2, 0) is 11.0 Å². The minimum Gasteiger partial charge on any atom is -0.388 e. The van der Waals surface area contributed by atoms with Gasteiger partial charge >= 0.3 is 0 Å². The Labute approximate surface area is 125 Å². The van der Waals surface area contributed by atoms with Crippen LogP contribution in [0.25, 0.3) is 0 Å². The minimum absolute atomic E-state index is 0.0188. The summed E-state index contributed by atoms with van der Waals surface area (Å²) in [5.41, 5.74) is 0.904. The molecule has 0 spiro atoms. The third kappa shape index (κ3) is 5.35. The molecular weight excluding hydrogens is 270 g/mol. The highest BCUT2D eigenvalue weighted by molar-refractivity contribution is 7.84. The van der Waals surface area contributed by atoms with Crippen molar-refractivity contribution in [3.05, 3.63) is 35.9 Å². The SMILES string of the molecule is CC(C)[C@@H](C[C@H](O)c1ccccc1)NS(=O)C(C)(C)C. The molecular formula is C16H27NO2S. The second kappa shape index (κ2) is 7.34. The molecule has 0 aliphatic heterocycles. The molecule has 0 aliphatic carbocycles. The topological polar surface area (TPSA) is 49.3 Å². The standard InChI is InChI=1S/C16H27NO2S/c1-12(2)14(17-20(19)16(3,4)5)11-15(18)13-9-7-6-8-10-13/h6-10,12,14-15,17-18H,11H2,1-5H3/t14-,15+,20?/m1/s1. The van der Waals surface area contributed by atoms with Gasteiger partial charge < -0.3 is 5.11 Å².